The highest BCUT2D eigenvalue weighted by Gasteiger charge is 2.17. The summed E-state index contributed by atoms with van der Waals surface area (Å²) in [4.78, 5) is 12.1. The number of carbonyl (C=O) groups excluding carboxylic acids is 1. The average molecular weight is 354 g/mol. The second kappa shape index (κ2) is 9.36. The highest BCUT2D eigenvalue weighted by molar-refractivity contribution is 5.91. The summed E-state index contributed by atoms with van der Waals surface area (Å²) in [6, 6.07) is 15.8. The summed E-state index contributed by atoms with van der Waals surface area (Å²) < 4.78 is 10.9. The van der Waals surface area contributed by atoms with E-state index in [0.29, 0.717) is 19.1 Å². The third kappa shape index (κ3) is 5.58. The van der Waals surface area contributed by atoms with Gasteiger partial charge in [0.1, 0.15) is 11.5 Å². The fraction of sp³-hybridized carbons (Fsp3) is 0.381. The van der Waals surface area contributed by atoms with Crippen LogP contribution in [0.1, 0.15) is 24.8 Å². The number of nitrogens with one attached hydrogen (secondary N) is 2. The highest BCUT2D eigenvalue weighted by Crippen LogP contribution is 2.23. The van der Waals surface area contributed by atoms with Crippen molar-refractivity contribution in [3.8, 4) is 11.5 Å². The maximum Gasteiger partial charge on any atom is 0.225 e. The maximum absolute atomic E-state index is 12.1. The number of anilines is 1. The summed E-state index contributed by atoms with van der Waals surface area (Å²) in [6.07, 6.45) is 3.64. The minimum absolute atomic E-state index is 0.0460. The van der Waals surface area contributed by atoms with E-state index in [-0.39, 0.29) is 5.91 Å². The quantitative estimate of drug-likeness (QED) is 0.758. The molecule has 2 N–H and O–H groups in total. The number of hydrogen-bond acceptors (Lipinski definition) is 4. The van der Waals surface area contributed by atoms with Crippen LogP contribution in [0.3, 0.4) is 0 Å². The van der Waals surface area contributed by atoms with E-state index in [1.165, 1.54) is 5.56 Å². The number of hydrogen-bond donors (Lipinski definition) is 2. The van der Waals surface area contributed by atoms with Gasteiger partial charge in [-0.3, -0.25) is 4.79 Å². The Morgan fingerprint density at radius 1 is 1.12 bits per heavy atom. The first-order valence-electron chi connectivity index (χ1n) is 9.12. The Labute approximate surface area is 154 Å². The normalized spacial score (nSPS) is 16.4. The van der Waals surface area contributed by atoms with Crippen molar-refractivity contribution in [2.75, 3.05) is 25.6 Å². The van der Waals surface area contributed by atoms with Gasteiger partial charge in [0.2, 0.25) is 5.91 Å². The van der Waals surface area contributed by atoms with Crippen molar-refractivity contribution in [1.82, 2.24) is 5.32 Å². The molecule has 0 saturated carbocycles. The first-order chi connectivity index (χ1) is 12.7. The van der Waals surface area contributed by atoms with E-state index in [1.54, 1.807) is 7.11 Å². The fourth-order valence-corrected chi connectivity index (χ4v) is 3.05. The third-order valence-electron chi connectivity index (χ3n) is 4.49. The zero-order chi connectivity index (χ0) is 18.2. The van der Waals surface area contributed by atoms with E-state index >= 15 is 0 Å². The standard InChI is InChI=1S/C21H26N2O3/c1-25-14-12-16-4-8-19(9-5-16)26-20-10-6-17(7-11-20)23-21(24)15-18-3-2-13-22-18/h4-11,18,22H,2-3,12-15H2,1H3,(H,23,24). The lowest BCUT2D eigenvalue weighted by Crippen LogP contribution is -2.27. The monoisotopic (exact) mass is 354 g/mol. The fourth-order valence-electron chi connectivity index (χ4n) is 3.05. The molecule has 0 bridgehead atoms. The van der Waals surface area contributed by atoms with Crippen molar-refractivity contribution >= 4 is 11.6 Å². The summed E-state index contributed by atoms with van der Waals surface area (Å²) in [5, 5.41) is 6.28. The Hall–Kier alpha value is -2.37. The number of benzene rings is 2. The zero-order valence-corrected chi connectivity index (χ0v) is 15.2. The molecule has 1 atom stereocenters. The SMILES string of the molecule is COCCc1ccc(Oc2ccc(NC(=O)CC3CCCN3)cc2)cc1. The lowest BCUT2D eigenvalue weighted by molar-refractivity contribution is -0.116. The molecule has 0 radical (unpaired) electrons. The molecule has 1 unspecified atom stereocenters. The second-order valence-corrected chi connectivity index (χ2v) is 6.56. The molecule has 3 rings (SSSR count). The molecular weight excluding hydrogens is 328 g/mol. The second-order valence-electron chi connectivity index (χ2n) is 6.56. The van der Waals surface area contributed by atoms with Crippen LogP contribution in [0, 0.1) is 0 Å². The molecule has 1 aliphatic heterocycles. The Balaban J connectivity index is 1.49. The first-order valence-corrected chi connectivity index (χ1v) is 9.12. The van der Waals surface area contributed by atoms with Crippen molar-refractivity contribution in [1.29, 1.82) is 0 Å². The molecule has 1 heterocycles. The van der Waals surface area contributed by atoms with Crippen molar-refractivity contribution < 1.29 is 14.3 Å². The van der Waals surface area contributed by atoms with Gasteiger partial charge in [-0.25, -0.2) is 0 Å². The predicted molar refractivity (Wildman–Crippen MR) is 103 cm³/mol. The Morgan fingerprint density at radius 3 is 2.42 bits per heavy atom. The summed E-state index contributed by atoms with van der Waals surface area (Å²) in [5.74, 6) is 1.57. The first kappa shape index (κ1) is 18.4. The molecule has 0 aliphatic carbocycles. The largest absolute Gasteiger partial charge is 0.457 e. The van der Waals surface area contributed by atoms with Gasteiger partial charge >= 0.3 is 0 Å². The molecule has 5 heteroatoms. The number of rotatable bonds is 8. The van der Waals surface area contributed by atoms with Crippen molar-refractivity contribution in [3.63, 3.8) is 0 Å². The molecular formula is C21H26N2O3. The summed E-state index contributed by atoms with van der Waals surface area (Å²) in [5.41, 5.74) is 2.00. The van der Waals surface area contributed by atoms with Gasteiger partial charge in [0.05, 0.1) is 6.61 Å². The smallest absolute Gasteiger partial charge is 0.225 e. The van der Waals surface area contributed by atoms with Gasteiger partial charge in [-0.2, -0.15) is 0 Å². The van der Waals surface area contributed by atoms with Gasteiger partial charge in [0, 0.05) is 25.3 Å². The topological polar surface area (TPSA) is 59.6 Å². The third-order valence-corrected chi connectivity index (χ3v) is 4.49. The molecule has 138 valence electrons. The number of ether oxygens (including phenoxy) is 2. The van der Waals surface area contributed by atoms with Crippen LogP contribution >= 0.6 is 0 Å². The van der Waals surface area contributed by atoms with Gasteiger partial charge in [0.25, 0.3) is 0 Å². The van der Waals surface area contributed by atoms with Crippen molar-refractivity contribution in [2.45, 2.75) is 31.7 Å². The molecule has 5 nitrogen and oxygen atoms in total. The van der Waals surface area contributed by atoms with Crippen LogP contribution in [-0.2, 0) is 16.0 Å². The van der Waals surface area contributed by atoms with Crippen LogP contribution in [-0.4, -0.2) is 32.2 Å². The maximum atomic E-state index is 12.1. The van der Waals surface area contributed by atoms with Crippen LogP contribution in [0.15, 0.2) is 48.5 Å². The molecule has 1 saturated heterocycles. The molecule has 0 aromatic heterocycles. The van der Waals surface area contributed by atoms with E-state index in [0.717, 1.165) is 43.0 Å². The predicted octanol–water partition coefficient (Wildman–Crippen LogP) is 3.75. The molecule has 2 aromatic carbocycles. The van der Waals surface area contributed by atoms with Crippen molar-refractivity contribution in [2.24, 2.45) is 0 Å². The summed E-state index contributed by atoms with van der Waals surface area (Å²) in [7, 11) is 1.70. The molecule has 1 fully saturated rings. The summed E-state index contributed by atoms with van der Waals surface area (Å²) >= 11 is 0. The Bertz CT molecular complexity index is 692. The van der Waals surface area contributed by atoms with Gasteiger partial charge in [-0.05, 0) is 67.8 Å². The Kier molecular flexibility index (Phi) is 6.63. The van der Waals surface area contributed by atoms with Gasteiger partial charge < -0.3 is 20.1 Å². The van der Waals surface area contributed by atoms with Crippen LogP contribution in [0.5, 0.6) is 11.5 Å². The van der Waals surface area contributed by atoms with Gasteiger partial charge in [-0.15, -0.1) is 0 Å². The van der Waals surface area contributed by atoms with E-state index in [4.69, 9.17) is 9.47 Å². The van der Waals surface area contributed by atoms with Gasteiger partial charge in [0.15, 0.2) is 0 Å². The number of carbonyl (C=O) groups is 1. The number of amides is 1. The van der Waals surface area contributed by atoms with Crippen LogP contribution in [0.4, 0.5) is 5.69 Å². The average Bonchev–Trinajstić information content (AvgIpc) is 3.15. The minimum atomic E-state index is 0.0460. The lowest BCUT2D eigenvalue weighted by Gasteiger charge is -2.11. The van der Waals surface area contributed by atoms with E-state index in [1.807, 2.05) is 48.5 Å². The number of methoxy groups -OCH3 is 1. The lowest BCUT2D eigenvalue weighted by atomic mass is 10.1. The zero-order valence-electron chi connectivity index (χ0n) is 15.2. The van der Waals surface area contributed by atoms with Crippen LogP contribution < -0.4 is 15.4 Å². The molecule has 0 spiro atoms. The van der Waals surface area contributed by atoms with Crippen LogP contribution in [0.2, 0.25) is 0 Å². The van der Waals surface area contributed by atoms with E-state index < -0.39 is 0 Å². The van der Waals surface area contributed by atoms with Crippen LogP contribution in [0.25, 0.3) is 0 Å². The summed E-state index contributed by atoms with van der Waals surface area (Å²) in [6.45, 7) is 1.72. The minimum Gasteiger partial charge on any atom is -0.457 e. The van der Waals surface area contributed by atoms with E-state index in [9.17, 15) is 4.79 Å². The van der Waals surface area contributed by atoms with E-state index in [2.05, 4.69) is 10.6 Å². The highest BCUT2D eigenvalue weighted by atomic mass is 16.5. The Morgan fingerprint density at radius 2 is 1.81 bits per heavy atom. The van der Waals surface area contributed by atoms with Crippen molar-refractivity contribution in [3.05, 3.63) is 54.1 Å². The molecule has 1 amide bonds. The van der Waals surface area contributed by atoms with Gasteiger partial charge in [-0.1, -0.05) is 12.1 Å². The molecule has 2 aromatic rings. The molecule has 1 aliphatic rings. The molecule has 26 heavy (non-hydrogen) atoms.